The molecule has 0 fully saturated rings. The largest absolute Gasteiger partial charge is 0.459 e. The highest BCUT2D eigenvalue weighted by molar-refractivity contribution is 5.76. The zero-order valence-electron chi connectivity index (χ0n) is 8.76. The van der Waals surface area contributed by atoms with Crippen molar-refractivity contribution in [3.63, 3.8) is 0 Å². The number of ether oxygens (including phenoxy) is 1. The summed E-state index contributed by atoms with van der Waals surface area (Å²) in [5.41, 5.74) is -0.471. The lowest BCUT2D eigenvalue weighted by atomic mass is 10.1. The Kier molecular flexibility index (Phi) is 4.95. The first-order valence-corrected chi connectivity index (χ1v) is 4.41. The lowest BCUT2D eigenvalue weighted by molar-refractivity contribution is -0.157. The Morgan fingerprint density at radius 2 is 2.08 bits per heavy atom. The third-order valence-electron chi connectivity index (χ3n) is 1.46. The number of hydrogen-bond donors (Lipinski definition) is 2. The third kappa shape index (κ3) is 5.60. The highest BCUT2D eigenvalue weighted by Crippen LogP contribution is 2.09. The van der Waals surface area contributed by atoms with Crippen LogP contribution in [0.2, 0.25) is 0 Å². The van der Waals surface area contributed by atoms with Gasteiger partial charge in [0.1, 0.15) is 11.6 Å². The zero-order valence-corrected chi connectivity index (χ0v) is 8.76. The topological polar surface area (TPSA) is 58.6 Å². The molecule has 0 bridgehead atoms. The van der Waals surface area contributed by atoms with Crippen LogP contribution in [0.4, 0.5) is 0 Å². The van der Waals surface area contributed by atoms with Crippen LogP contribution in [0.5, 0.6) is 0 Å². The van der Waals surface area contributed by atoms with Gasteiger partial charge >= 0.3 is 5.97 Å². The van der Waals surface area contributed by atoms with Crippen molar-refractivity contribution in [3.05, 3.63) is 0 Å². The van der Waals surface area contributed by atoms with E-state index < -0.39 is 11.6 Å². The Morgan fingerprint density at radius 3 is 2.38 bits per heavy atom. The molecular weight excluding hydrogens is 170 g/mol. The predicted octanol–water partition coefficient (Wildman–Crippen LogP) is 0.298. The van der Waals surface area contributed by atoms with Crippen LogP contribution < -0.4 is 5.32 Å². The van der Waals surface area contributed by atoms with Crippen LogP contribution in [-0.4, -0.2) is 36.4 Å². The highest BCUT2D eigenvalue weighted by atomic mass is 16.6. The summed E-state index contributed by atoms with van der Waals surface area (Å²) < 4.78 is 5.13. The molecule has 0 aromatic heterocycles. The molecule has 0 aromatic carbocycles. The molecule has 0 rings (SSSR count). The van der Waals surface area contributed by atoms with Crippen LogP contribution >= 0.6 is 0 Å². The fourth-order valence-corrected chi connectivity index (χ4v) is 0.882. The van der Waals surface area contributed by atoms with Crippen LogP contribution in [0, 0.1) is 0 Å². The van der Waals surface area contributed by atoms with Gasteiger partial charge in [0.25, 0.3) is 0 Å². The molecule has 13 heavy (non-hydrogen) atoms. The number of likely N-dealkylation sites (N-methyl/N-ethyl adjacent to an activating group) is 1. The molecule has 4 heteroatoms. The molecule has 78 valence electrons. The predicted molar refractivity (Wildman–Crippen MR) is 50.4 cm³/mol. The molecule has 0 saturated carbocycles. The molecule has 0 aliphatic rings. The first kappa shape index (κ1) is 12.4. The summed E-state index contributed by atoms with van der Waals surface area (Å²) in [5, 5.41) is 11.5. The molecule has 0 saturated heterocycles. The SMILES string of the molecule is CN[C@@H](CCO)C(=O)OC(C)(C)C. The summed E-state index contributed by atoms with van der Waals surface area (Å²) in [5.74, 6) is -0.316. The first-order chi connectivity index (χ1) is 5.90. The van der Waals surface area contributed by atoms with Gasteiger partial charge in [0.05, 0.1) is 0 Å². The smallest absolute Gasteiger partial charge is 0.323 e. The Labute approximate surface area is 79.3 Å². The average molecular weight is 189 g/mol. The molecule has 4 nitrogen and oxygen atoms in total. The first-order valence-electron chi connectivity index (χ1n) is 4.41. The molecule has 0 spiro atoms. The van der Waals surface area contributed by atoms with Gasteiger partial charge in [-0.15, -0.1) is 0 Å². The molecule has 1 atom stereocenters. The maximum absolute atomic E-state index is 11.4. The molecule has 0 aromatic rings. The van der Waals surface area contributed by atoms with Gasteiger partial charge in [0.2, 0.25) is 0 Å². The standard InChI is InChI=1S/C9H19NO3/c1-9(2,3)13-8(12)7(10-4)5-6-11/h7,10-11H,5-6H2,1-4H3/t7-/m0/s1. The second-order valence-electron chi connectivity index (χ2n) is 3.89. The second kappa shape index (κ2) is 5.19. The molecule has 0 aliphatic carbocycles. The van der Waals surface area contributed by atoms with E-state index in [0.717, 1.165) is 0 Å². The quantitative estimate of drug-likeness (QED) is 0.624. The van der Waals surface area contributed by atoms with E-state index in [2.05, 4.69) is 5.32 Å². The zero-order chi connectivity index (χ0) is 10.5. The van der Waals surface area contributed by atoms with Crippen molar-refractivity contribution in [2.75, 3.05) is 13.7 Å². The summed E-state index contributed by atoms with van der Waals surface area (Å²) in [4.78, 5) is 11.4. The van der Waals surface area contributed by atoms with E-state index in [9.17, 15) is 4.79 Å². The van der Waals surface area contributed by atoms with Gasteiger partial charge in [-0.1, -0.05) is 0 Å². The van der Waals surface area contributed by atoms with E-state index in [4.69, 9.17) is 9.84 Å². The van der Waals surface area contributed by atoms with Crippen molar-refractivity contribution in [2.24, 2.45) is 0 Å². The molecule has 0 aliphatic heterocycles. The maximum Gasteiger partial charge on any atom is 0.323 e. The van der Waals surface area contributed by atoms with E-state index >= 15 is 0 Å². The summed E-state index contributed by atoms with van der Waals surface area (Å²) in [7, 11) is 1.67. The number of esters is 1. The molecule has 2 N–H and O–H groups in total. The Hall–Kier alpha value is -0.610. The minimum absolute atomic E-state index is 0.0231. The van der Waals surface area contributed by atoms with Crippen LogP contribution in [0.3, 0.4) is 0 Å². The number of aliphatic hydroxyl groups is 1. The van der Waals surface area contributed by atoms with Crippen molar-refractivity contribution in [3.8, 4) is 0 Å². The number of hydrogen-bond acceptors (Lipinski definition) is 4. The number of aliphatic hydroxyl groups excluding tert-OH is 1. The van der Waals surface area contributed by atoms with Gasteiger partial charge in [-0.2, -0.15) is 0 Å². The van der Waals surface area contributed by atoms with Gasteiger partial charge in [-0.25, -0.2) is 0 Å². The number of rotatable bonds is 4. The number of carbonyl (C=O) groups excluding carboxylic acids is 1. The van der Waals surface area contributed by atoms with E-state index in [1.807, 2.05) is 20.8 Å². The highest BCUT2D eigenvalue weighted by Gasteiger charge is 2.23. The van der Waals surface area contributed by atoms with Crippen LogP contribution in [-0.2, 0) is 9.53 Å². The Balaban J connectivity index is 4.06. The molecular formula is C9H19NO3. The number of carbonyl (C=O) groups is 1. The van der Waals surface area contributed by atoms with Crippen LogP contribution in [0.15, 0.2) is 0 Å². The molecule has 0 radical (unpaired) electrons. The molecule has 0 unspecified atom stereocenters. The Bertz CT molecular complexity index is 163. The Morgan fingerprint density at radius 1 is 1.54 bits per heavy atom. The van der Waals surface area contributed by atoms with Crippen LogP contribution in [0.1, 0.15) is 27.2 Å². The monoisotopic (exact) mass is 189 g/mol. The summed E-state index contributed by atoms with van der Waals surface area (Å²) in [6, 6.07) is -0.413. The molecule has 0 heterocycles. The van der Waals surface area contributed by atoms with Crippen molar-refractivity contribution in [2.45, 2.75) is 38.8 Å². The lowest BCUT2D eigenvalue weighted by Gasteiger charge is -2.23. The fraction of sp³-hybridized carbons (Fsp3) is 0.889. The average Bonchev–Trinajstić information content (AvgIpc) is 1.96. The van der Waals surface area contributed by atoms with E-state index in [1.165, 1.54) is 0 Å². The molecule has 0 amide bonds. The maximum atomic E-state index is 11.4. The normalized spacial score (nSPS) is 13.9. The van der Waals surface area contributed by atoms with E-state index in [0.29, 0.717) is 6.42 Å². The van der Waals surface area contributed by atoms with Crippen molar-refractivity contribution >= 4 is 5.97 Å². The van der Waals surface area contributed by atoms with Gasteiger partial charge in [0.15, 0.2) is 0 Å². The minimum Gasteiger partial charge on any atom is -0.459 e. The van der Waals surface area contributed by atoms with Gasteiger partial charge in [0, 0.05) is 6.61 Å². The van der Waals surface area contributed by atoms with E-state index in [-0.39, 0.29) is 12.6 Å². The summed E-state index contributed by atoms with van der Waals surface area (Å²) in [6.45, 7) is 5.43. The summed E-state index contributed by atoms with van der Waals surface area (Å²) >= 11 is 0. The van der Waals surface area contributed by atoms with Crippen molar-refractivity contribution in [1.29, 1.82) is 0 Å². The number of nitrogens with one attached hydrogen (secondary N) is 1. The second-order valence-corrected chi connectivity index (χ2v) is 3.89. The third-order valence-corrected chi connectivity index (χ3v) is 1.46. The van der Waals surface area contributed by atoms with Gasteiger partial charge in [-0.05, 0) is 34.2 Å². The van der Waals surface area contributed by atoms with Crippen LogP contribution in [0.25, 0.3) is 0 Å². The minimum atomic E-state index is -0.471. The van der Waals surface area contributed by atoms with Gasteiger partial charge in [-0.3, -0.25) is 4.79 Å². The van der Waals surface area contributed by atoms with Crippen molar-refractivity contribution < 1.29 is 14.6 Å². The summed E-state index contributed by atoms with van der Waals surface area (Å²) in [6.07, 6.45) is 0.380. The van der Waals surface area contributed by atoms with E-state index in [1.54, 1.807) is 7.05 Å². The van der Waals surface area contributed by atoms with Crippen molar-refractivity contribution in [1.82, 2.24) is 5.32 Å². The van der Waals surface area contributed by atoms with Gasteiger partial charge < -0.3 is 15.2 Å². The lowest BCUT2D eigenvalue weighted by Crippen LogP contribution is -2.40. The fourth-order valence-electron chi connectivity index (χ4n) is 0.882.